The van der Waals surface area contributed by atoms with Crippen molar-refractivity contribution >= 4 is 17.5 Å². The lowest BCUT2D eigenvalue weighted by Crippen LogP contribution is -2.43. The lowest BCUT2D eigenvalue weighted by Gasteiger charge is -2.34. The highest BCUT2D eigenvalue weighted by atomic mass is 35.5. The number of halogens is 1. The van der Waals surface area contributed by atoms with Crippen molar-refractivity contribution in [3.05, 3.63) is 29.8 Å². The van der Waals surface area contributed by atoms with E-state index < -0.39 is 0 Å². The number of alkyl halides is 1. The van der Waals surface area contributed by atoms with Gasteiger partial charge in [-0.2, -0.15) is 0 Å². The molecule has 21 heavy (non-hydrogen) atoms. The summed E-state index contributed by atoms with van der Waals surface area (Å²) in [6.07, 6.45) is 3.13. The molecule has 0 spiro atoms. The van der Waals surface area contributed by atoms with E-state index in [4.69, 9.17) is 16.3 Å². The minimum atomic E-state index is 0.0550. The summed E-state index contributed by atoms with van der Waals surface area (Å²) >= 11 is 6.28. The Balaban J connectivity index is 1.93. The zero-order chi connectivity index (χ0) is 15.2. The van der Waals surface area contributed by atoms with Crippen molar-refractivity contribution in [2.45, 2.75) is 38.5 Å². The molecule has 1 aliphatic heterocycles. The summed E-state index contributed by atoms with van der Waals surface area (Å²) in [6.45, 7) is 6.42. The second kappa shape index (κ2) is 7.69. The largest absolute Gasteiger partial charge is 0.494 e. The smallest absolute Gasteiger partial charge is 0.253 e. The normalized spacial score (nSPS) is 22.1. The molecule has 2 atom stereocenters. The number of rotatable bonds is 5. The second-order valence-corrected chi connectivity index (χ2v) is 6.32. The van der Waals surface area contributed by atoms with Gasteiger partial charge >= 0.3 is 0 Å². The fourth-order valence-corrected chi connectivity index (χ4v) is 2.71. The van der Waals surface area contributed by atoms with E-state index in [1.807, 2.05) is 29.2 Å². The first-order valence-corrected chi connectivity index (χ1v) is 8.21. The molecule has 1 heterocycles. The molecule has 0 bridgehead atoms. The Labute approximate surface area is 132 Å². The lowest BCUT2D eigenvalue weighted by molar-refractivity contribution is 0.0701. The molecule has 0 N–H and O–H groups in total. The van der Waals surface area contributed by atoms with E-state index >= 15 is 0 Å². The zero-order valence-electron chi connectivity index (χ0n) is 12.8. The standard InChI is InChI=1S/C17H24ClNO2/c1-3-4-11-21-15-7-5-14(6-8-15)17(20)19-10-9-13(2)16(18)12-19/h5-8,13,16H,3-4,9-12H2,1-2H3. The minimum absolute atomic E-state index is 0.0550. The third-order valence-corrected chi connectivity index (χ3v) is 4.59. The van der Waals surface area contributed by atoms with E-state index in [1.54, 1.807) is 0 Å². The van der Waals surface area contributed by atoms with Crippen LogP contribution >= 0.6 is 11.6 Å². The molecule has 4 heteroatoms. The van der Waals surface area contributed by atoms with Crippen molar-refractivity contribution in [1.82, 2.24) is 4.90 Å². The number of amides is 1. The molecule has 0 radical (unpaired) electrons. The molecule has 1 saturated heterocycles. The maximum Gasteiger partial charge on any atom is 0.253 e. The number of carbonyl (C=O) groups is 1. The van der Waals surface area contributed by atoms with E-state index in [9.17, 15) is 4.79 Å². The van der Waals surface area contributed by atoms with Gasteiger partial charge in [-0.1, -0.05) is 20.3 Å². The maximum atomic E-state index is 12.5. The summed E-state index contributed by atoms with van der Waals surface area (Å²) in [5.41, 5.74) is 0.705. The van der Waals surface area contributed by atoms with Gasteiger partial charge in [0.1, 0.15) is 5.75 Å². The van der Waals surface area contributed by atoms with Crippen LogP contribution in [0.1, 0.15) is 43.5 Å². The van der Waals surface area contributed by atoms with E-state index in [-0.39, 0.29) is 11.3 Å². The molecule has 0 aliphatic carbocycles. The molecule has 1 fully saturated rings. The predicted molar refractivity (Wildman–Crippen MR) is 86.2 cm³/mol. The van der Waals surface area contributed by atoms with E-state index in [0.29, 0.717) is 18.0 Å². The third kappa shape index (κ3) is 4.37. The van der Waals surface area contributed by atoms with Crippen molar-refractivity contribution in [3.8, 4) is 5.75 Å². The number of piperidine rings is 1. The van der Waals surface area contributed by atoms with Gasteiger partial charge in [0.2, 0.25) is 0 Å². The summed E-state index contributed by atoms with van der Waals surface area (Å²) in [5.74, 6) is 1.36. The number of nitrogens with zero attached hydrogens (tertiary/aromatic N) is 1. The summed E-state index contributed by atoms with van der Waals surface area (Å²) in [4.78, 5) is 14.3. The Morgan fingerprint density at radius 2 is 2.10 bits per heavy atom. The first-order chi connectivity index (χ1) is 10.1. The number of unbranched alkanes of at least 4 members (excludes halogenated alkanes) is 1. The van der Waals surface area contributed by atoms with Crippen molar-refractivity contribution in [3.63, 3.8) is 0 Å². The van der Waals surface area contributed by atoms with Crippen LogP contribution in [0, 0.1) is 5.92 Å². The lowest BCUT2D eigenvalue weighted by atomic mass is 9.98. The van der Waals surface area contributed by atoms with Crippen LogP contribution in [0.3, 0.4) is 0 Å². The van der Waals surface area contributed by atoms with Crippen molar-refractivity contribution in [2.75, 3.05) is 19.7 Å². The third-order valence-electron chi connectivity index (χ3n) is 4.02. The van der Waals surface area contributed by atoms with Crippen LogP contribution in [0.4, 0.5) is 0 Å². The number of likely N-dealkylation sites (tertiary alicyclic amines) is 1. The molecule has 1 aromatic carbocycles. The van der Waals surface area contributed by atoms with Crippen molar-refractivity contribution in [2.24, 2.45) is 5.92 Å². The van der Waals surface area contributed by atoms with Crippen LogP contribution < -0.4 is 4.74 Å². The Morgan fingerprint density at radius 3 is 2.71 bits per heavy atom. The van der Waals surface area contributed by atoms with E-state index in [1.165, 1.54) is 0 Å². The number of benzene rings is 1. The fourth-order valence-electron chi connectivity index (χ4n) is 2.42. The molecule has 2 rings (SSSR count). The highest BCUT2D eigenvalue weighted by molar-refractivity contribution is 6.21. The Bertz CT molecular complexity index is 460. The van der Waals surface area contributed by atoms with Gasteiger partial charge < -0.3 is 9.64 Å². The Kier molecular flexibility index (Phi) is 5.92. The van der Waals surface area contributed by atoms with Crippen LogP contribution in [0.5, 0.6) is 5.75 Å². The first kappa shape index (κ1) is 16.2. The molecule has 1 aliphatic rings. The molecule has 0 saturated carbocycles. The molecule has 116 valence electrons. The van der Waals surface area contributed by atoms with E-state index in [2.05, 4.69) is 13.8 Å². The quantitative estimate of drug-likeness (QED) is 0.609. The van der Waals surface area contributed by atoms with Gasteiger partial charge in [0, 0.05) is 18.7 Å². The van der Waals surface area contributed by atoms with Crippen molar-refractivity contribution < 1.29 is 9.53 Å². The van der Waals surface area contributed by atoms with Crippen molar-refractivity contribution in [1.29, 1.82) is 0 Å². The van der Waals surface area contributed by atoms with Gasteiger partial charge in [-0.05, 0) is 43.0 Å². The summed E-state index contributed by atoms with van der Waals surface area (Å²) in [5, 5.41) is 0.0550. The fraction of sp³-hybridized carbons (Fsp3) is 0.588. The number of hydrogen-bond donors (Lipinski definition) is 0. The molecule has 0 aromatic heterocycles. The monoisotopic (exact) mass is 309 g/mol. The topological polar surface area (TPSA) is 29.5 Å². The van der Waals surface area contributed by atoms with Crippen LogP contribution in [0.25, 0.3) is 0 Å². The van der Waals surface area contributed by atoms with Crippen LogP contribution in [-0.2, 0) is 0 Å². The molecule has 2 unspecified atom stereocenters. The van der Waals surface area contributed by atoms with Gasteiger partial charge in [0.25, 0.3) is 5.91 Å². The van der Waals surface area contributed by atoms with Crippen LogP contribution in [0.2, 0.25) is 0 Å². The number of ether oxygens (including phenoxy) is 1. The average molecular weight is 310 g/mol. The van der Waals surface area contributed by atoms with Gasteiger partial charge in [-0.25, -0.2) is 0 Å². The summed E-state index contributed by atoms with van der Waals surface area (Å²) < 4.78 is 5.61. The van der Waals surface area contributed by atoms with Crippen LogP contribution in [-0.4, -0.2) is 35.9 Å². The van der Waals surface area contributed by atoms with Gasteiger partial charge in [0.15, 0.2) is 0 Å². The minimum Gasteiger partial charge on any atom is -0.494 e. The highest BCUT2D eigenvalue weighted by Crippen LogP contribution is 2.23. The Hall–Kier alpha value is -1.22. The first-order valence-electron chi connectivity index (χ1n) is 7.78. The number of carbonyl (C=O) groups excluding carboxylic acids is 1. The van der Waals surface area contributed by atoms with Gasteiger partial charge in [-0.3, -0.25) is 4.79 Å². The highest BCUT2D eigenvalue weighted by Gasteiger charge is 2.27. The van der Waals surface area contributed by atoms with Crippen LogP contribution in [0.15, 0.2) is 24.3 Å². The molecule has 3 nitrogen and oxygen atoms in total. The van der Waals surface area contributed by atoms with Gasteiger partial charge in [-0.15, -0.1) is 11.6 Å². The SMILES string of the molecule is CCCCOc1ccc(C(=O)N2CCC(C)C(Cl)C2)cc1. The Morgan fingerprint density at radius 1 is 1.38 bits per heavy atom. The molecular weight excluding hydrogens is 286 g/mol. The van der Waals surface area contributed by atoms with Gasteiger partial charge in [0.05, 0.1) is 12.0 Å². The molecule has 1 aromatic rings. The second-order valence-electron chi connectivity index (χ2n) is 5.76. The summed E-state index contributed by atoms with van der Waals surface area (Å²) in [7, 11) is 0. The molecule has 1 amide bonds. The maximum absolute atomic E-state index is 12.5. The predicted octanol–water partition coefficient (Wildman–Crippen LogP) is 3.95. The average Bonchev–Trinajstić information content (AvgIpc) is 2.50. The molecular formula is C17H24ClNO2. The number of hydrogen-bond acceptors (Lipinski definition) is 2. The van der Waals surface area contributed by atoms with E-state index in [0.717, 1.165) is 38.2 Å². The summed E-state index contributed by atoms with van der Waals surface area (Å²) in [6, 6.07) is 7.41. The zero-order valence-corrected chi connectivity index (χ0v) is 13.6.